The number of carbonyl (C=O) groups is 1. The van der Waals surface area contributed by atoms with Gasteiger partial charge < -0.3 is 0 Å². The van der Waals surface area contributed by atoms with Crippen LogP contribution in [0.25, 0.3) is 0 Å². The SMILES string of the molecule is CC(=O)C(C)NS(=O)(=O)c1ccc(C#N)c(C)c1. The summed E-state index contributed by atoms with van der Waals surface area (Å²) in [6.07, 6.45) is 0. The summed E-state index contributed by atoms with van der Waals surface area (Å²) in [6.45, 7) is 4.46. The number of ketones is 1. The van der Waals surface area contributed by atoms with E-state index in [1.807, 2.05) is 6.07 Å². The standard InChI is InChI=1S/C12H14N2O3S/c1-8-6-12(5-4-11(8)7-13)18(16,17)14-9(2)10(3)15/h4-6,9,14H,1-3H3. The first-order valence-electron chi connectivity index (χ1n) is 5.31. The van der Waals surface area contributed by atoms with Gasteiger partial charge in [-0.25, -0.2) is 13.1 Å². The molecule has 0 radical (unpaired) electrons. The molecule has 0 saturated carbocycles. The lowest BCUT2D eigenvalue weighted by Crippen LogP contribution is -2.37. The van der Waals surface area contributed by atoms with Gasteiger partial charge in [0.25, 0.3) is 0 Å². The Morgan fingerprint density at radius 1 is 1.44 bits per heavy atom. The monoisotopic (exact) mass is 266 g/mol. The van der Waals surface area contributed by atoms with Crippen molar-refractivity contribution in [2.24, 2.45) is 0 Å². The van der Waals surface area contributed by atoms with Gasteiger partial charge in [-0.05, 0) is 44.5 Å². The molecule has 0 aromatic heterocycles. The van der Waals surface area contributed by atoms with Crippen molar-refractivity contribution >= 4 is 15.8 Å². The maximum Gasteiger partial charge on any atom is 0.241 e. The molecule has 0 bridgehead atoms. The summed E-state index contributed by atoms with van der Waals surface area (Å²) >= 11 is 0. The normalized spacial score (nSPS) is 12.8. The second kappa shape index (κ2) is 5.29. The molecular formula is C12H14N2O3S. The summed E-state index contributed by atoms with van der Waals surface area (Å²) in [5.41, 5.74) is 1.00. The molecule has 0 fully saturated rings. The highest BCUT2D eigenvalue weighted by Crippen LogP contribution is 2.15. The van der Waals surface area contributed by atoms with E-state index in [0.29, 0.717) is 11.1 Å². The fourth-order valence-electron chi connectivity index (χ4n) is 1.31. The number of aryl methyl sites for hydroxylation is 1. The van der Waals surface area contributed by atoms with Gasteiger partial charge in [0.15, 0.2) is 0 Å². The molecule has 1 aromatic carbocycles. The van der Waals surface area contributed by atoms with Crippen LogP contribution in [-0.2, 0) is 14.8 Å². The van der Waals surface area contributed by atoms with E-state index in [-0.39, 0.29) is 10.7 Å². The Morgan fingerprint density at radius 2 is 2.06 bits per heavy atom. The third-order valence-electron chi connectivity index (χ3n) is 2.57. The largest absolute Gasteiger partial charge is 0.298 e. The van der Waals surface area contributed by atoms with Gasteiger partial charge in [-0.15, -0.1) is 0 Å². The number of nitriles is 1. The highest BCUT2D eigenvalue weighted by Gasteiger charge is 2.20. The van der Waals surface area contributed by atoms with Crippen molar-refractivity contribution in [2.45, 2.75) is 31.7 Å². The van der Waals surface area contributed by atoms with Crippen molar-refractivity contribution in [1.29, 1.82) is 5.26 Å². The van der Waals surface area contributed by atoms with Crippen LogP contribution in [0.4, 0.5) is 0 Å². The van der Waals surface area contributed by atoms with E-state index < -0.39 is 16.1 Å². The van der Waals surface area contributed by atoms with Crippen LogP contribution in [0.2, 0.25) is 0 Å². The van der Waals surface area contributed by atoms with Gasteiger partial charge in [0.2, 0.25) is 10.0 Å². The van der Waals surface area contributed by atoms with Crippen molar-refractivity contribution in [3.05, 3.63) is 29.3 Å². The highest BCUT2D eigenvalue weighted by molar-refractivity contribution is 7.89. The molecule has 1 aromatic rings. The van der Waals surface area contributed by atoms with Gasteiger partial charge in [-0.1, -0.05) is 0 Å². The van der Waals surface area contributed by atoms with E-state index in [0.717, 1.165) is 0 Å². The maximum atomic E-state index is 12.0. The van der Waals surface area contributed by atoms with Crippen LogP contribution in [0.5, 0.6) is 0 Å². The summed E-state index contributed by atoms with van der Waals surface area (Å²) in [5, 5.41) is 8.77. The minimum absolute atomic E-state index is 0.0482. The Morgan fingerprint density at radius 3 is 2.50 bits per heavy atom. The van der Waals surface area contributed by atoms with E-state index in [9.17, 15) is 13.2 Å². The molecule has 1 atom stereocenters. The number of Topliss-reactive ketones (excluding diaryl/α,β-unsaturated/α-hetero) is 1. The molecular weight excluding hydrogens is 252 g/mol. The molecule has 1 unspecified atom stereocenters. The predicted octanol–water partition coefficient (Wildman–Crippen LogP) is 1.12. The second-order valence-electron chi connectivity index (χ2n) is 4.04. The van der Waals surface area contributed by atoms with Gasteiger partial charge in [0.1, 0.15) is 5.78 Å². The summed E-state index contributed by atoms with van der Waals surface area (Å²) < 4.78 is 26.2. The summed E-state index contributed by atoms with van der Waals surface area (Å²) in [4.78, 5) is 11.1. The fourth-order valence-corrected chi connectivity index (χ4v) is 2.66. The Bertz CT molecular complexity index is 615. The number of hydrogen-bond acceptors (Lipinski definition) is 4. The van der Waals surface area contributed by atoms with Crippen molar-refractivity contribution in [1.82, 2.24) is 4.72 Å². The predicted molar refractivity (Wildman–Crippen MR) is 66.4 cm³/mol. The van der Waals surface area contributed by atoms with E-state index in [1.165, 1.54) is 32.0 Å². The molecule has 0 aliphatic rings. The molecule has 6 heteroatoms. The van der Waals surface area contributed by atoms with Crippen LogP contribution in [0, 0.1) is 18.3 Å². The number of carbonyl (C=O) groups excluding carboxylic acids is 1. The van der Waals surface area contributed by atoms with Gasteiger partial charge in [-0.3, -0.25) is 4.79 Å². The number of rotatable bonds is 4. The first-order valence-corrected chi connectivity index (χ1v) is 6.80. The zero-order valence-electron chi connectivity index (χ0n) is 10.4. The van der Waals surface area contributed by atoms with Gasteiger partial charge in [-0.2, -0.15) is 5.26 Å². The maximum absolute atomic E-state index is 12.0. The van der Waals surface area contributed by atoms with Crippen LogP contribution in [-0.4, -0.2) is 20.2 Å². The van der Waals surface area contributed by atoms with Gasteiger partial charge in [0.05, 0.1) is 22.6 Å². The third kappa shape index (κ3) is 3.15. The van der Waals surface area contributed by atoms with E-state index in [4.69, 9.17) is 5.26 Å². The lowest BCUT2D eigenvalue weighted by Gasteiger charge is -2.11. The second-order valence-corrected chi connectivity index (χ2v) is 5.76. The minimum atomic E-state index is -3.73. The minimum Gasteiger partial charge on any atom is -0.298 e. The van der Waals surface area contributed by atoms with E-state index in [2.05, 4.69) is 4.72 Å². The summed E-state index contributed by atoms with van der Waals surface area (Å²) in [6, 6.07) is 5.40. The molecule has 0 saturated heterocycles. The first kappa shape index (κ1) is 14.4. The Labute approximate surface area is 106 Å². The quantitative estimate of drug-likeness (QED) is 0.884. The lowest BCUT2D eigenvalue weighted by molar-refractivity contribution is -0.118. The molecule has 0 aliphatic carbocycles. The lowest BCUT2D eigenvalue weighted by atomic mass is 10.1. The topological polar surface area (TPSA) is 87.0 Å². The zero-order valence-corrected chi connectivity index (χ0v) is 11.2. The van der Waals surface area contributed by atoms with Crippen LogP contribution < -0.4 is 4.72 Å². The summed E-state index contributed by atoms with van der Waals surface area (Å²) in [5.74, 6) is -0.260. The van der Waals surface area contributed by atoms with Gasteiger partial charge in [0, 0.05) is 0 Å². The fraction of sp³-hybridized carbons (Fsp3) is 0.333. The smallest absolute Gasteiger partial charge is 0.241 e. The van der Waals surface area contributed by atoms with Crippen molar-refractivity contribution in [3.63, 3.8) is 0 Å². The average Bonchev–Trinajstić information content (AvgIpc) is 2.28. The zero-order chi connectivity index (χ0) is 13.9. The first-order chi connectivity index (χ1) is 8.27. The molecule has 0 spiro atoms. The molecule has 1 rings (SSSR count). The highest BCUT2D eigenvalue weighted by atomic mass is 32.2. The number of nitrogens with zero attached hydrogens (tertiary/aromatic N) is 1. The molecule has 5 nitrogen and oxygen atoms in total. The Hall–Kier alpha value is -1.71. The van der Waals surface area contributed by atoms with Crippen LogP contribution in [0.3, 0.4) is 0 Å². The molecule has 18 heavy (non-hydrogen) atoms. The number of hydrogen-bond donors (Lipinski definition) is 1. The molecule has 0 amide bonds. The van der Waals surface area contributed by atoms with E-state index >= 15 is 0 Å². The Balaban J connectivity index is 3.11. The molecule has 1 N–H and O–H groups in total. The van der Waals surface area contributed by atoms with Crippen LogP contribution >= 0.6 is 0 Å². The van der Waals surface area contributed by atoms with Crippen molar-refractivity contribution in [2.75, 3.05) is 0 Å². The Kier molecular flexibility index (Phi) is 4.22. The van der Waals surface area contributed by atoms with Crippen molar-refractivity contribution in [3.8, 4) is 6.07 Å². The van der Waals surface area contributed by atoms with E-state index in [1.54, 1.807) is 6.92 Å². The summed E-state index contributed by atoms with van der Waals surface area (Å²) in [7, 11) is -3.73. The number of benzene rings is 1. The van der Waals surface area contributed by atoms with Crippen LogP contribution in [0.1, 0.15) is 25.0 Å². The number of sulfonamides is 1. The molecule has 96 valence electrons. The van der Waals surface area contributed by atoms with Crippen molar-refractivity contribution < 1.29 is 13.2 Å². The average molecular weight is 266 g/mol. The van der Waals surface area contributed by atoms with Gasteiger partial charge >= 0.3 is 0 Å². The number of nitrogens with one attached hydrogen (secondary N) is 1. The van der Waals surface area contributed by atoms with Crippen LogP contribution in [0.15, 0.2) is 23.1 Å². The molecule has 0 heterocycles. The molecule has 0 aliphatic heterocycles. The third-order valence-corrected chi connectivity index (χ3v) is 4.11.